The van der Waals surface area contributed by atoms with E-state index in [0.717, 1.165) is 28.5 Å². The van der Waals surface area contributed by atoms with E-state index in [4.69, 9.17) is 16.9 Å². The second kappa shape index (κ2) is 4.10. The third-order valence-corrected chi connectivity index (χ3v) is 4.09. The van der Waals surface area contributed by atoms with Crippen molar-refractivity contribution >= 4 is 23.4 Å². The molecule has 0 atom stereocenters. The molecule has 0 saturated heterocycles. The highest BCUT2D eigenvalue weighted by Gasteiger charge is 2.21. The van der Waals surface area contributed by atoms with Crippen LogP contribution in [0.3, 0.4) is 0 Å². The van der Waals surface area contributed by atoms with Gasteiger partial charge in [0.1, 0.15) is 5.15 Å². The minimum absolute atomic E-state index is 0.639. The Morgan fingerprint density at radius 2 is 2.06 bits per heavy atom. The number of nitrogens with zero attached hydrogens (tertiary/aromatic N) is 3. The summed E-state index contributed by atoms with van der Waals surface area (Å²) in [5, 5.41) is 13.9. The second-order valence-electron chi connectivity index (χ2n) is 3.78. The third-order valence-electron chi connectivity index (χ3n) is 2.73. The lowest BCUT2D eigenvalue weighted by Gasteiger charge is -2.03. The zero-order valence-electron chi connectivity index (χ0n) is 8.85. The summed E-state index contributed by atoms with van der Waals surface area (Å²) in [6, 6.07) is 9.36. The molecule has 2 aromatic rings. The van der Waals surface area contributed by atoms with Gasteiger partial charge in [0, 0.05) is 17.1 Å². The lowest BCUT2D eigenvalue weighted by Crippen LogP contribution is -1.97. The van der Waals surface area contributed by atoms with Gasteiger partial charge in [-0.1, -0.05) is 11.6 Å². The molecule has 0 saturated carbocycles. The third kappa shape index (κ3) is 1.72. The summed E-state index contributed by atoms with van der Waals surface area (Å²) in [6.07, 6.45) is 0. The fraction of sp³-hybridized carbons (Fsp3) is 0.167. The van der Waals surface area contributed by atoms with E-state index in [1.165, 1.54) is 0 Å². The number of aromatic nitrogens is 2. The predicted octanol–water partition coefficient (Wildman–Crippen LogP) is 3.14. The molecule has 0 aliphatic carbocycles. The number of hydrogen-bond acceptors (Lipinski definition) is 3. The highest BCUT2D eigenvalue weighted by Crippen LogP contribution is 2.35. The molecular formula is C12H8ClN3S. The maximum atomic E-state index is 8.75. The number of benzene rings is 1. The van der Waals surface area contributed by atoms with Crippen LogP contribution in [0.4, 0.5) is 0 Å². The van der Waals surface area contributed by atoms with E-state index >= 15 is 0 Å². The van der Waals surface area contributed by atoms with Gasteiger partial charge in [0.05, 0.1) is 23.0 Å². The number of hydrogen-bond donors (Lipinski definition) is 0. The molecule has 0 amide bonds. The van der Waals surface area contributed by atoms with Crippen molar-refractivity contribution in [1.29, 1.82) is 5.26 Å². The van der Waals surface area contributed by atoms with Gasteiger partial charge in [-0.2, -0.15) is 22.1 Å². The first-order chi connectivity index (χ1) is 8.29. The zero-order valence-corrected chi connectivity index (χ0v) is 10.4. The number of nitriles is 1. The van der Waals surface area contributed by atoms with Gasteiger partial charge in [0.25, 0.3) is 0 Å². The maximum Gasteiger partial charge on any atom is 0.137 e. The predicted molar refractivity (Wildman–Crippen MR) is 68.3 cm³/mol. The summed E-state index contributed by atoms with van der Waals surface area (Å²) in [6.45, 7) is 0. The lowest BCUT2D eigenvalue weighted by atomic mass is 10.2. The van der Waals surface area contributed by atoms with Crippen molar-refractivity contribution in [2.75, 3.05) is 0 Å². The molecule has 1 aromatic carbocycles. The molecule has 0 radical (unpaired) electrons. The Morgan fingerprint density at radius 3 is 2.71 bits per heavy atom. The first kappa shape index (κ1) is 10.7. The SMILES string of the molecule is N#Cc1ccc(-n2nc3c(c2Cl)CSC3)cc1. The lowest BCUT2D eigenvalue weighted by molar-refractivity contribution is 0.860. The summed E-state index contributed by atoms with van der Waals surface area (Å²) in [5.74, 6) is 1.86. The van der Waals surface area contributed by atoms with Gasteiger partial charge >= 0.3 is 0 Å². The molecule has 0 spiro atoms. The highest BCUT2D eigenvalue weighted by atomic mass is 35.5. The molecule has 0 N–H and O–H groups in total. The Labute approximate surface area is 108 Å². The van der Waals surface area contributed by atoms with Crippen LogP contribution in [-0.4, -0.2) is 9.78 Å². The van der Waals surface area contributed by atoms with Crippen LogP contribution in [0.25, 0.3) is 5.69 Å². The Kier molecular flexibility index (Phi) is 2.58. The van der Waals surface area contributed by atoms with Crippen LogP contribution in [-0.2, 0) is 11.5 Å². The molecule has 2 heterocycles. The van der Waals surface area contributed by atoms with Crippen LogP contribution in [0.1, 0.15) is 16.8 Å². The van der Waals surface area contributed by atoms with Crippen LogP contribution in [0, 0.1) is 11.3 Å². The Bertz CT molecular complexity index is 610. The summed E-state index contributed by atoms with van der Waals surface area (Å²) in [5.41, 5.74) is 3.75. The molecular weight excluding hydrogens is 254 g/mol. The fourth-order valence-corrected chi connectivity index (χ4v) is 3.25. The Morgan fingerprint density at radius 1 is 1.29 bits per heavy atom. The van der Waals surface area contributed by atoms with Crippen molar-refractivity contribution < 1.29 is 0 Å². The van der Waals surface area contributed by atoms with Gasteiger partial charge in [0.2, 0.25) is 0 Å². The standard InChI is InChI=1S/C12H8ClN3S/c13-12-10-6-17-7-11(10)15-16(12)9-3-1-8(5-14)2-4-9/h1-4H,6-7H2. The smallest absolute Gasteiger partial charge is 0.137 e. The zero-order chi connectivity index (χ0) is 11.8. The van der Waals surface area contributed by atoms with Gasteiger partial charge in [-0.3, -0.25) is 0 Å². The molecule has 5 heteroatoms. The van der Waals surface area contributed by atoms with Crippen LogP contribution < -0.4 is 0 Å². The molecule has 1 aromatic heterocycles. The van der Waals surface area contributed by atoms with Crippen LogP contribution in [0.2, 0.25) is 5.15 Å². The quantitative estimate of drug-likeness (QED) is 0.792. The van der Waals surface area contributed by atoms with Gasteiger partial charge in [-0.05, 0) is 24.3 Å². The highest BCUT2D eigenvalue weighted by molar-refractivity contribution is 7.98. The summed E-state index contributed by atoms with van der Waals surface area (Å²) >= 11 is 8.13. The summed E-state index contributed by atoms with van der Waals surface area (Å²) in [7, 11) is 0. The molecule has 3 rings (SSSR count). The van der Waals surface area contributed by atoms with Crippen molar-refractivity contribution in [3.05, 3.63) is 46.2 Å². The topological polar surface area (TPSA) is 41.6 Å². The van der Waals surface area contributed by atoms with E-state index in [9.17, 15) is 0 Å². The van der Waals surface area contributed by atoms with E-state index in [-0.39, 0.29) is 0 Å². The van der Waals surface area contributed by atoms with E-state index in [1.54, 1.807) is 16.8 Å². The molecule has 3 nitrogen and oxygen atoms in total. The molecule has 84 valence electrons. The maximum absolute atomic E-state index is 8.75. The first-order valence-electron chi connectivity index (χ1n) is 5.14. The van der Waals surface area contributed by atoms with E-state index in [2.05, 4.69) is 11.2 Å². The minimum Gasteiger partial charge on any atom is -0.222 e. The number of halogens is 1. The van der Waals surface area contributed by atoms with Crippen molar-refractivity contribution in [3.63, 3.8) is 0 Å². The number of fused-ring (bicyclic) bond motifs is 1. The van der Waals surface area contributed by atoms with Crippen LogP contribution >= 0.6 is 23.4 Å². The largest absolute Gasteiger partial charge is 0.222 e. The van der Waals surface area contributed by atoms with E-state index in [0.29, 0.717) is 10.7 Å². The van der Waals surface area contributed by atoms with Gasteiger partial charge < -0.3 is 0 Å². The number of thioether (sulfide) groups is 1. The van der Waals surface area contributed by atoms with Crippen LogP contribution in [0.5, 0.6) is 0 Å². The van der Waals surface area contributed by atoms with Crippen molar-refractivity contribution in [1.82, 2.24) is 9.78 Å². The van der Waals surface area contributed by atoms with E-state index in [1.807, 2.05) is 23.9 Å². The average Bonchev–Trinajstić information content (AvgIpc) is 2.93. The van der Waals surface area contributed by atoms with Crippen molar-refractivity contribution in [2.45, 2.75) is 11.5 Å². The van der Waals surface area contributed by atoms with Crippen molar-refractivity contribution in [2.24, 2.45) is 0 Å². The molecule has 0 unspecified atom stereocenters. The van der Waals surface area contributed by atoms with Crippen LogP contribution in [0.15, 0.2) is 24.3 Å². The Hall–Kier alpha value is -1.44. The normalized spacial score (nSPS) is 13.4. The minimum atomic E-state index is 0.639. The molecule has 1 aliphatic heterocycles. The van der Waals surface area contributed by atoms with E-state index < -0.39 is 0 Å². The molecule has 0 bridgehead atoms. The van der Waals surface area contributed by atoms with Gasteiger partial charge in [0.15, 0.2) is 0 Å². The molecule has 0 fully saturated rings. The Balaban J connectivity index is 2.07. The molecule has 17 heavy (non-hydrogen) atoms. The number of rotatable bonds is 1. The summed E-state index contributed by atoms with van der Waals surface area (Å²) < 4.78 is 1.74. The van der Waals surface area contributed by atoms with Gasteiger partial charge in [-0.25, -0.2) is 4.68 Å². The fourth-order valence-electron chi connectivity index (χ4n) is 1.83. The monoisotopic (exact) mass is 261 g/mol. The van der Waals surface area contributed by atoms with Gasteiger partial charge in [-0.15, -0.1) is 0 Å². The second-order valence-corrected chi connectivity index (χ2v) is 5.12. The first-order valence-corrected chi connectivity index (χ1v) is 6.67. The summed E-state index contributed by atoms with van der Waals surface area (Å²) in [4.78, 5) is 0. The molecule has 1 aliphatic rings. The average molecular weight is 262 g/mol. The van der Waals surface area contributed by atoms with Crippen molar-refractivity contribution in [3.8, 4) is 11.8 Å².